The van der Waals surface area contributed by atoms with E-state index in [0.717, 1.165) is 34.2 Å². The molecule has 4 rings (SSSR count). The smallest absolute Gasteiger partial charge is 0.327 e. The van der Waals surface area contributed by atoms with Gasteiger partial charge in [-0.3, -0.25) is 14.5 Å². The first-order valence-electron chi connectivity index (χ1n) is 8.72. The van der Waals surface area contributed by atoms with Crippen molar-refractivity contribution in [2.45, 2.75) is 38.1 Å². The Labute approximate surface area is 144 Å². The number of aromatic nitrogens is 1. The zero-order valence-electron chi connectivity index (χ0n) is 13.8. The lowest BCUT2D eigenvalue weighted by Crippen LogP contribution is -2.46. The second-order valence-electron chi connectivity index (χ2n) is 6.96. The predicted molar refractivity (Wildman–Crippen MR) is 90.7 cm³/mol. The number of rotatable bonds is 4. The minimum Gasteiger partial charge on any atom is -0.480 e. The Morgan fingerprint density at radius 2 is 1.80 bits per heavy atom. The van der Waals surface area contributed by atoms with Crippen LogP contribution < -0.4 is 0 Å². The molecule has 1 aromatic heterocycles. The van der Waals surface area contributed by atoms with Crippen LogP contribution in [0.4, 0.5) is 0 Å². The maximum absolute atomic E-state index is 12.7. The summed E-state index contributed by atoms with van der Waals surface area (Å²) in [5.41, 5.74) is 1.72. The fourth-order valence-electron chi connectivity index (χ4n) is 4.29. The molecular weight excluding hydrogens is 320 g/mol. The molecule has 1 aliphatic carbocycles. The van der Waals surface area contributed by atoms with Gasteiger partial charge in [-0.1, -0.05) is 31.0 Å². The number of carboxylic acids is 1. The van der Waals surface area contributed by atoms with Crippen molar-refractivity contribution in [3.05, 3.63) is 36.0 Å². The number of aliphatic carboxylic acids is 1. The first-order chi connectivity index (χ1) is 12.1. The molecule has 2 aromatic rings. The molecule has 6 nitrogen and oxygen atoms in total. The lowest BCUT2D eigenvalue weighted by Gasteiger charge is -2.23. The zero-order chi connectivity index (χ0) is 17.6. The molecule has 0 bridgehead atoms. The second kappa shape index (κ2) is 6.02. The number of amides is 2. The molecule has 130 valence electrons. The van der Waals surface area contributed by atoms with Gasteiger partial charge in [0, 0.05) is 23.5 Å². The quantitative estimate of drug-likeness (QED) is 0.836. The average molecular weight is 340 g/mol. The molecule has 1 saturated carbocycles. The van der Waals surface area contributed by atoms with Crippen molar-refractivity contribution in [2.75, 3.05) is 0 Å². The fourth-order valence-corrected chi connectivity index (χ4v) is 4.29. The van der Waals surface area contributed by atoms with Crippen molar-refractivity contribution in [1.82, 2.24) is 9.88 Å². The Morgan fingerprint density at radius 1 is 1.16 bits per heavy atom. The first-order valence-corrected chi connectivity index (χ1v) is 8.72. The second-order valence-corrected chi connectivity index (χ2v) is 6.96. The van der Waals surface area contributed by atoms with Gasteiger partial charge in [0.2, 0.25) is 11.8 Å². The van der Waals surface area contributed by atoms with Crippen LogP contribution in [0.3, 0.4) is 0 Å². The van der Waals surface area contributed by atoms with Gasteiger partial charge in [-0.25, -0.2) is 4.79 Å². The number of carboxylic acid groups (broad SMARTS) is 1. The number of aromatic amines is 1. The summed E-state index contributed by atoms with van der Waals surface area (Å²) in [5.74, 6) is -2.40. The normalized spacial score (nSPS) is 24.6. The lowest BCUT2D eigenvalue weighted by molar-refractivity contribution is -0.155. The summed E-state index contributed by atoms with van der Waals surface area (Å²) < 4.78 is 0. The summed E-state index contributed by atoms with van der Waals surface area (Å²) in [5, 5.41) is 10.6. The minimum absolute atomic E-state index is 0.121. The van der Waals surface area contributed by atoms with Gasteiger partial charge in [0.05, 0.1) is 11.8 Å². The lowest BCUT2D eigenvalue weighted by atomic mass is 9.81. The van der Waals surface area contributed by atoms with E-state index in [1.807, 2.05) is 24.3 Å². The Bertz CT molecular complexity index is 832. The molecule has 0 radical (unpaired) electrons. The van der Waals surface area contributed by atoms with Gasteiger partial charge in [-0.2, -0.15) is 0 Å². The Balaban J connectivity index is 1.66. The molecular formula is C19H20N2O4. The number of imide groups is 1. The largest absolute Gasteiger partial charge is 0.480 e. The molecule has 1 aromatic carbocycles. The highest BCUT2D eigenvalue weighted by Crippen LogP contribution is 2.39. The zero-order valence-corrected chi connectivity index (χ0v) is 13.8. The van der Waals surface area contributed by atoms with Crippen LogP contribution in [0, 0.1) is 11.8 Å². The molecule has 2 amide bonds. The van der Waals surface area contributed by atoms with Crippen LogP contribution in [0.15, 0.2) is 30.5 Å². The number of nitrogens with one attached hydrogen (secondary N) is 1. The van der Waals surface area contributed by atoms with Crippen LogP contribution >= 0.6 is 0 Å². The van der Waals surface area contributed by atoms with Crippen molar-refractivity contribution in [3.63, 3.8) is 0 Å². The van der Waals surface area contributed by atoms with E-state index in [1.165, 1.54) is 0 Å². The van der Waals surface area contributed by atoms with Crippen molar-refractivity contribution < 1.29 is 19.5 Å². The molecule has 2 N–H and O–H groups in total. The van der Waals surface area contributed by atoms with Crippen molar-refractivity contribution in [3.8, 4) is 0 Å². The summed E-state index contributed by atoms with van der Waals surface area (Å²) in [6.07, 6.45) is 5.10. The standard InChI is InChI=1S/C19H20N2O4/c22-17-13-6-1-2-7-14(13)18(23)21(17)16(19(24)25)9-11-10-20-15-8-4-3-5-12(11)15/h3-5,8,10,13-14,16,20H,1-2,6-7,9H2,(H,24,25)/t13-,14-,16+/m1/s1. The minimum atomic E-state index is -1.15. The third-order valence-corrected chi connectivity index (χ3v) is 5.56. The van der Waals surface area contributed by atoms with Crippen LogP contribution in [0.1, 0.15) is 31.2 Å². The van der Waals surface area contributed by atoms with Gasteiger partial charge >= 0.3 is 5.97 Å². The Kier molecular flexibility index (Phi) is 3.82. The number of carbonyl (C=O) groups excluding carboxylic acids is 2. The highest BCUT2D eigenvalue weighted by Gasteiger charge is 2.51. The van der Waals surface area contributed by atoms with Gasteiger partial charge < -0.3 is 10.1 Å². The van der Waals surface area contributed by atoms with Crippen molar-refractivity contribution in [2.24, 2.45) is 11.8 Å². The van der Waals surface area contributed by atoms with Crippen LogP contribution in [-0.2, 0) is 20.8 Å². The maximum atomic E-state index is 12.7. The molecule has 6 heteroatoms. The molecule has 2 aliphatic rings. The van der Waals surface area contributed by atoms with E-state index in [9.17, 15) is 19.5 Å². The Hall–Kier alpha value is -2.63. The molecule has 25 heavy (non-hydrogen) atoms. The van der Waals surface area contributed by atoms with Gasteiger partial charge in [0.25, 0.3) is 0 Å². The summed E-state index contributed by atoms with van der Waals surface area (Å²) in [6.45, 7) is 0. The Morgan fingerprint density at radius 3 is 2.44 bits per heavy atom. The number of para-hydroxylation sites is 1. The number of nitrogens with zero attached hydrogens (tertiary/aromatic N) is 1. The number of H-pyrrole nitrogens is 1. The molecule has 0 spiro atoms. The number of likely N-dealkylation sites (tertiary alicyclic amines) is 1. The summed E-state index contributed by atoms with van der Waals surface area (Å²) in [7, 11) is 0. The van der Waals surface area contributed by atoms with Gasteiger partial charge in [0.15, 0.2) is 0 Å². The van der Waals surface area contributed by atoms with Crippen molar-refractivity contribution in [1.29, 1.82) is 0 Å². The highest BCUT2D eigenvalue weighted by atomic mass is 16.4. The predicted octanol–water partition coefficient (Wildman–Crippen LogP) is 2.34. The topological polar surface area (TPSA) is 90.5 Å². The number of fused-ring (bicyclic) bond motifs is 2. The number of carbonyl (C=O) groups is 3. The summed E-state index contributed by atoms with van der Waals surface area (Å²) in [6, 6.07) is 6.46. The van der Waals surface area contributed by atoms with Crippen LogP contribution in [0.25, 0.3) is 10.9 Å². The monoisotopic (exact) mass is 340 g/mol. The maximum Gasteiger partial charge on any atom is 0.327 e. The van der Waals surface area contributed by atoms with Gasteiger partial charge in [0.1, 0.15) is 6.04 Å². The van der Waals surface area contributed by atoms with Crippen LogP contribution in [0.2, 0.25) is 0 Å². The first kappa shape index (κ1) is 15.9. The van der Waals surface area contributed by atoms with Crippen LogP contribution in [-0.4, -0.2) is 38.8 Å². The van der Waals surface area contributed by atoms with Gasteiger partial charge in [-0.15, -0.1) is 0 Å². The number of benzene rings is 1. The van der Waals surface area contributed by atoms with Gasteiger partial charge in [-0.05, 0) is 24.5 Å². The van der Waals surface area contributed by atoms with E-state index in [1.54, 1.807) is 6.20 Å². The van der Waals surface area contributed by atoms with E-state index in [2.05, 4.69) is 4.98 Å². The number of hydrogen-bond donors (Lipinski definition) is 2. The van der Waals surface area contributed by atoms with E-state index in [0.29, 0.717) is 12.8 Å². The molecule has 1 saturated heterocycles. The van der Waals surface area contributed by atoms with E-state index in [-0.39, 0.29) is 30.1 Å². The molecule has 0 unspecified atom stereocenters. The molecule has 1 aliphatic heterocycles. The summed E-state index contributed by atoms with van der Waals surface area (Å²) >= 11 is 0. The average Bonchev–Trinajstić information content (AvgIpc) is 3.13. The molecule has 2 fully saturated rings. The summed E-state index contributed by atoms with van der Waals surface area (Å²) in [4.78, 5) is 41.5. The third-order valence-electron chi connectivity index (χ3n) is 5.56. The van der Waals surface area contributed by atoms with Crippen LogP contribution in [0.5, 0.6) is 0 Å². The van der Waals surface area contributed by atoms with E-state index < -0.39 is 12.0 Å². The molecule has 2 heterocycles. The number of hydrogen-bond acceptors (Lipinski definition) is 3. The van der Waals surface area contributed by atoms with E-state index in [4.69, 9.17) is 0 Å². The third kappa shape index (κ3) is 2.52. The molecule has 3 atom stereocenters. The highest BCUT2D eigenvalue weighted by molar-refractivity contribution is 6.07. The van der Waals surface area contributed by atoms with E-state index >= 15 is 0 Å². The fraction of sp³-hybridized carbons (Fsp3) is 0.421. The van der Waals surface area contributed by atoms with Crippen molar-refractivity contribution >= 4 is 28.7 Å². The SMILES string of the molecule is O=C(O)[C@H](Cc1c[nH]c2ccccc12)N1C(=O)[C@@H]2CCCC[C@H]2C1=O.